The summed E-state index contributed by atoms with van der Waals surface area (Å²) < 4.78 is 15.1. The zero-order valence-electron chi connectivity index (χ0n) is 15.6. The molecule has 144 valence electrons. The Morgan fingerprint density at radius 1 is 1.11 bits per heavy atom. The molecule has 4 rings (SSSR count). The second-order valence-electron chi connectivity index (χ2n) is 7.21. The topological polar surface area (TPSA) is 41.4 Å². The number of aromatic nitrogens is 2. The van der Waals surface area contributed by atoms with Gasteiger partial charge < -0.3 is 4.90 Å². The zero-order valence-corrected chi connectivity index (χ0v) is 16.4. The van der Waals surface area contributed by atoms with Crippen molar-refractivity contribution >= 4 is 17.7 Å². The van der Waals surface area contributed by atoms with Crippen LogP contribution in [0.5, 0.6) is 0 Å². The molecule has 2 fully saturated rings. The summed E-state index contributed by atoms with van der Waals surface area (Å²) in [6.07, 6.45) is 8.82. The number of rotatable bonds is 4. The Morgan fingerprint density at radius 2 is 1.78 bits per heavy atom. The molecule has 2 aromatic rings. The molecule has 1 aliphatic carbocycles. The van der Waals surface area contributed by atoms with E-state index in [1.54, 1.807) is 18.3 Å². The number of hydrogen-bond acceptors (Lipinski definition) is 4. The molecule has 0 atom stereocenters. The summed E-state index contributed by atoms with van der Waals surface area (Å²) in [5.41, 5.74) is 1.30. The third-order valence-corrected chi connectivity index (χ3v) is 6.31. The molecule has 7 heteroatoms. The Bertz CT molecular complexity index is 793. The first-order valence-corrected chi connectivity index (χ1v) is 10.8. The minimum Gasteiger partial charge on any atom is -0.335 e. The standard InChI is InChI=1S/C20H25FN4OS/c1-27-20-22-14-18(25(20)17-8-6-15(21)7-9-17)19(26)24-12-10-23(11-13-24)16-4-2-3-5-16/h6-9,14,16H,2-5,10-13H2,1H3. The molecule has 0 spiro atoms. The van der Waals surface area contributed by atoms with Crippen LogP contribution < -0.4 is 0 Å². The summed E-state index contributed by atoms with van der Waals surface area (Å²) >= 11 is 1.48. The fourth-order valence-electron chi connectivity index (χ4n) is 4.19. The average molecular weight is 389 g/mol. The SMILES string of the molecule is CSc1ncc(C(=O)N2CCN(C3CCCC3)CC2)n1-c1ccc(F)cc1. The third-order valence-electron chi connectivity index (χ3n) is 5.66. The Morgan fingerprint density at radius 3 is 2.41 bits per heavy atom. The molecule has 0 N–H and O–H groups in total. The second kappa shape index (κ2) is 8.02. The van der Waals surface area contributed by atoms with Gasteiger partial charge in [-0.2, -0.15) is 0 Å². The highest BCUT2D eigenvalue weighted by atomic mass is 32.2. The smallest absolute Gasteiger partial charge is 0.272 e. The van der Waals surface area contributed by atoms with Crippen LogP contribution in [-0.2, 0) is 0 Å². The van der Waals surface area contributed by atoms with E-state index in [1.165, 1.54) is 49.6 Å². The quantitative estimate of drug-likeness (QED) is 0.753. The molecule has 27 heavy (non-hydrogen) atoms. The number of halogens is 1. The van der Waals surface area contributed by atoms with Crippen molar-refractivity contribution in [2.24, 2.45) is 0 Å². The van der Waals surface area contributed by atoms with Crippen LogP contribution in [0.3, 0.4) is 0 Å². The van der Waals surface area contributed by atoms with E-state index in [2.05, 4.69) is 9.88 Å². The van der Waals surface area contributed by atoms with Gasteiger partial charge in [-0.3, -0.25) is 14.3 Å². The number of benzene rings is 1. The van der Waals surface area contributed by atoms with Crippen LogP contribution in [0.4, 0.5) is 4.39 Å². The van der Waals surface area contributed by atoms with Crippen LogP contribution in [0.2, 0.25) is 0 Å². The van der Waals surface area contributed by atoms with Crippen molar-refractivity contribution < 1.29 is 9.18 Å². The van der Waals surface area contributed by atoms with Crippen molar-refractivity contribution in [2.45, 2.75) is 36.9 Å². The van der Waals surface area contributed by atoms with Crippen LogP contribution in [0.25, 0.3) is 5.69 Å². The Kier molecular flexibility index (Phi) is 5.50. The van der Waals surface area contributed by atoms with Crippen LogP contribution in [-0.4, -0.2) is 63.7 Å². The number of thioether (sulfide) groups is 1. The summed E-state index contributed by atoms with van der Waals surface area (Å²) in [6, 6.07) is 6.90. The predicted octanol–water partition coefficient (Wildman–Crippen LogP) is 3.43. The molecular formula is C20H25FN4OS. The van der Waals surface area contributed by atoms with Crippen LogP contribution in [0.15, 0.2) is 35.6 Å². The van der Waals surface area contributed by atoms with Crippen molar-refractivity contribution in [3.63, 3.8) is 0 Å². The highest BCUT2D eigenvalue weighted by Crippen LogP contribution is 2.26. The van der Waals surface area contributed by atoms with Gasteiger partial charge in [0.05, 0.1) is 6.20 Å². The van der Waals surface area contributed by atoms with E-state index in [-0.39, 0.29) is 11.7 Å². The van der Waals surface area contributed by atoms with Crippen LogP contribution >= 0.6 is 11.8 Å². The van der Waals surface area contributed by atoms with E-state index in [4.69, 9.17) is 0 Å². The number of carbonyl (C=O) groups excluding carboxylic acids is 1. The predicted molar refractivity (Wildman–Crippen MR) is 105 cm³/mol. The maximum atomic E-state index is 13.3. The maximum absolute atomic E-state index is 13.3. The lowest BCUT2D eigenvalue weighted by atomic mass is 10.1. The van der Waals surface area contributed by atoms with Gasteiger partial charge in [-0.25, -0.2) is 9.37 Å². The fourth-order valence-corrected chi connectivity index (χ4v) is 4.74. The molecule has 1 amide bonds. The summed E-state index contributed by atoms with van der Waals surface area (Å²) in [5, 5.41) is 0.731. The first-order valence-electron chi connectivity index (χ1n) is 9.58. The maximum Gasteiger partial charge on any atom is 0.272 e. The van der Waals surface area contributed by atoms with Gasteiger partial charge in [-0.15, -0.1) is 0 Å². The van der Waals surface area contributed by atoms with Crippen molar-refractivity contribution in [3.05, 3.63) is 42.0 Å². The van der Waals surface area contributed by atoms with Crippen molar-refractivity contribution in [2.75, 3.05) is 32.4 Å². The van der Waals surface area contributed by atoms with E-state index in [0.717, 1.165) is 37.0 Å². The van der Waals surface area contributed by atoms with Gasteiger partial charge in [0, 0.05) is 37.9 Å². The Labute approximate surface area is 163 Å². The second-order valence-corrected chi connectivity index (χ2v) is 7.98. The Balaban J connectivity index is 1.52. The molecule has 0 unspecified atom stereocenters. The zero-order chi connectivity index (χ0) is 18.8. The van der Waals surface area contributed by atoms with Gasteiger partial charge >= 0.3 is 0 Å². The normalized spacial score (nSPS) is 19.0. The van der Waals surface area contributed by atoms with Gasteiger partial charge in [0.25, 0.3) is 5.91 Å². The summed E-state index contributed by atoms with van der Waals surface area (Å²) in [4.78, 5) is 22.0. The monoisotopic (exact) mass is 388 g/mol. The molecule has 1 saturated heterocycles. The lowest BCUT2D eigenvalue weighted by Gasteiger charge is -2.38. The summed E-state index contributed by atoms with van der Waals surface area (Å²) in [5.74, 6) is -0.293. The molecule has 1 aliphatic heterocycles. The van der Waals surface area contributed by atoms with E-state index < -0.39 is 0 Å². The highest BCUT2D eigenvalue weighted by molar-refractivity contribution is 7.98. The minimum atomic E-state index is -0.291. The van der Waals surface area contributed by atoms with E-state index in [0.29, 0.717) is 11.7 Å². The molecule has 1 aromatic heterocycles. The fraction of sp³-hybridized carbons (Fsp3) is 0.500. The number of imidazole rings is 1. The van der Waals surface area contributed by atoms with Gasteiger partial charge in [0.2, 0.25) is 0 Å². The first-order chi connectivity index (χ1) is 13.2. The van der Waals surface area contributed by atoms with E-state index >= 15 is 0 Å². The van der Waals surface area contributed by atoms with Gasteiger partial charge in [0.15, 0.2) is 5.16 Å². The number of hydrogen-bond donors (Lipinski definition) is 0. The van der Waals surface area contributed by atoms with Crippen LogP contribution in [0, 0.1) is 5.82 Å². The molecule has 0 radical (unpaired) electrons. The Hall–Kier alpha value is -1.86. The average Bonchev–Trinajstić information content (AvgIpc) is 3.38. The molecule has 0 bridgehead atoms. The lowest BCUT2D eigenvalue weighted by Crippen LogP contribution is -2.51. The molecule has 2 heterocycles. The number of carbonyl (C=O) groups is 1. The number of piperazine rings is 1. The molecular weight excluding hydrogens is 363 g/mol. The largest absolute Gasteiger partial charge is 0.335 e. The lowest BCUT2D eigenvalue weighted by molar-refractivity contribution is 0.0565. The van der Waals surface area contributed by atoms with Crippen molar-refractivity contribution in [1.29, 1.82) is 0 Å². The van der Waals surface area contributed by atoms with E-state index in [1.807, 2.05) is 15.7 Å². The molecule has 5 nitrogen and oxygen atoms in total. The van der Waals surface area contributed by atoms with Gasteiger partial charge in [0.1, 0.15) is 11.5 Å². The first kappa shape index (κ1) is 18.5. The van der Waals surface area contributed by atoms with Gasteiger partial charge in [-0.05, 0) is 43.4 Å². The number of amides is 1. The van der Waals surface area contributed by atoms with Crippen molar-refractivity contribution in [3.8, 4) is 5.69 Å². The van der Waals surface area contributed by atoms with Crippen LogP contribution in [0.1, 0.15) is 36.2 Å². The number of nitrogens with zero attached hydrogens (tertiary/aromatic N) is 4. The van der Waals surface area contributed by atoms with E-state index in [9.17, 15) is 9.18 Å². The molecule has 2 aliphatic rings. The summed E-state index contributed by atoms with van der Waals surface area (Å²) in [6.45, 7) is 3.38. The summed E-state index contributed by atoms with van der Waals surface area (Å²) in [7, 11) is 0. The highest BCUT2D eigenvalue weighted by Gasteiger charge is 2.30. The molecule has 1 saturated carbocycles. The third kappa shape index (κ3) is 3.75. The van der Waals surface area contributed by atoms with Gasteiger partial charge in [-0.1, -0.05) is 24.6 Å². The minimum absolute atomic E-state index is 0.00167. The molecule has 1 aromatic carbocycles. The van der Waals surface area contributed by atoms with Crippen molar-refractivity contribution in [1.82, 2.24) is 19.4 Å².